The molecule has 0 bridgehead atoms. The molecule has 0 N–H and O–H groups in total. The molecule has 0 heterocycles. The summed E-state index contributed by atoms with van der Waals surface area (Å²) < 4.78 is 5.77. The Morgan fingerprint density at radius 1 is 0.900 bits per heavy atom. The summed E-state index contributed by atoms with van der Waals surface area (Å²) in [6.45, 7) is 0. The highest BCUT2D eigenvalue weighted by molar-refractivity contribution is 5.78. The number of ether oxygens (including phenoxy) is 1. The van der Waals surface area contributed by atoms with Gasteiger partial charge in [0.1, 0.15) is 6.11 Å². The molecule has 0 unspecified atom stereocenters. The Balaban J connectivity index is 1.91. The summed E-state index contributed by atoms with van der Waals surface area (Å²) in [5.74, 6) is 5.53. The number of hydrogen-bond acceptors (Lipinski definition) is 1. The molecule has 0 spiro atoms. The maximum atomic E-state index is 5.77. The zero-order valence-electron chi connectivity index (χ0n) is 11.1. The number of hydrogen-bond donors (Lipinski definition) is 0. The van der Waals surface area contributed by atoms with E-state index >= 15 is 0 Å². The molecule has 1 aliphatic carbocycles. The summed E-state index contributed by atoms with van der Waals surface area (Å²) in [6.07, 6.45) is 9.24. The topological polar surface area (TPSA) is 9.23 Å². The summed E-state index contributed by atoms with van der Waals surface area (Å²) in [7, 11) is 0. The van der Waals surface area contributed by atoms with Crippen LogP contribution >= 0.6 is 0 Å². The number of rotatable bonds is 2. The third-order valence-electron chi connectivity index (χ3n) is 3.42. The highest BCUT2D eigenvalue weighted by Crippen LogP contribution is 2.44. The summed E-state index contributed by atoms with van der Waals surface area (Å²) in [5, 5.41) is 0. The lowest BCUT2D eigenvalue weighted by atomic mass is 10.1. The first-order valence-corrected chi connectivity index (χ1v) is 6.67. The van der Waals surface area contributed by atoms with Crippen molar-refractivity contribution in [2.45, 2.75) is 18.9 Å². The van der Waals surface area contributed by atoms with E-state index < -0.39 is 0 Å². The van der Waals surface area contributed by atoms with E-state index in [-0.39, 0.29) is 6.10 Å². The van der Waals surface area contributed by atoms with E-state index in [0.717, 1.165) is 0 Å². The first kappa shape index (κ1) is 12.4. The first-order valence-electron chi connectivity index (χ1n) is 6.67. The largest absolute Gasteiger partial charge is 0.433 e. The van der Waals surface area contributed by atoms with Crippen LogP contribution in [0.15, 0.2) is 48.5 Å². The minimum atomic E-state index is -0.0965. The molecule has 1 heteroatoms. The average molecular weight is 258 g/mol. The van der Waals surface area contributed by atoms with Gasteiger partial charge in [-0.3, -0.25) is 0 Å². The fourth-order valence-corrected chi connectivity index (χ4v) is 2.52. The summed E-state index contributed by atoms with van der Waals surface area (Å²) >= 11 is 0. The highest BCUT2D eigenvalue weighted by Gasteiger charge is 2.28. The molecule has 1 aliphatic rings. The van der Waals surface area contributed by atoms with E-state index in [1.165, 1.54) is 22.3 Å². The van der Waals surface area contributed by atoms with Crippen molar-refractivity contribution in [1.82, 2.24) is 0 Å². The van der Waals surface area contributed by atoms with Gasteiger partial charge in [-0.2, -0.15) is 0 Å². The third-order valence-corrected chi connectivity index (χ3v) is 3.42. The van der Waals surface area contributed by atoms with Crippen LogP contribution in [0.2, 0.25) is 0 Å². The molecule has 0 saturated heterocycles. The molecular weight excluding hydrogens is 244 g/mol. The van der Waals surface area contributed by atoms with Crippen molar-refractivity contribution in [3.63, 3.8) is 0 Å². The number of terminal acetylenes is 1. The van der Waals surface area contributed by atoms with Crippen LogP contribution in [0.25, 0.3) is 11.1 Å². The molecule has 0 radical (unpaired) electrons. The predicted octanol–water partition coefficient (Wildman–Crippen LogP) is 4.15. The van der Waals surface area contributed by atoms with Gasteiger partial charge in [0, 0.05) is 24.0 Å². The fraction of sp³-hybridized carbons (Fsp3) is 0.158. The second-order valence-electron chi connectivity index (χ2n) is 4.66. The molecule has 0 fully saturated rings. The standard InChI is InChI=1S/C19H14O/c1-2-3-4-9-14-20-19-17-12-7-5-10-15(17)16-11-6-8-13-18(16)19/h1,5-8,10-13,19H,3-4H2. The average Bonchev–Trinajstić information content (AvgIpc) is 2.82. The molecule has 0 atom stereocenters. The van der Waals surface area contributed by atoms with Gasteiger partial charge in [0.2, 0.25) is 0 Å². The van der Waals surface area contributed by atoms with E-state index in [1.54, 1.807) is 0 Å². The smallest absolute Gasteiger partial charge is 0.162 e. The minimum absolute atomic E-state index is 0.0965. The Labute approximate surface area is 119 Å². The van der Waals surface area contributed by atoms with Gasteiger partial charge in [0.05, 0.1) is 0 Å². The molecule has 20 heavy (non-hydrogen) atoms. The normalized spacial score (nSPS) is 11.8. The molecule has 0 aromatic heterocycles. The molecule has 3 rings (SSSR count). The minimum Gasteiger partial charge on any atom is -0.433 e. The van der Waals surface area contributed by atoms with Crippen LogP contribution in [0.5, 0.6) is 0 Å². The van der Waals surface area contributed by atoms with Gasteiger partial charge in [-0.25, -0.2) is 0 Å². The van der Waals surface area contributed by atoms with Gasteiger partial charge in [-0.1, -0.05) is 54.5 Å². The lowest BCUT2D eigenvalue weighted by molar-refractivity contribution is 0.212. The van der Waals surface area contributed by atoms with E-state index in [9.17, 15) is 0 Å². The quantitative estimate of drug-likeness (QED) is 0.581. The van der Waals surface area contributed by atoms with Gasteiger partial charge in [0.15, 0.2) is 6.10 Å². The monoisotopic (exact) mass is 258 g/mol. The molecule has 2 aromatic carbocycles. The van der Waals surface area contributed by atoms with Crippen LogP contribution in [0, 0.1) is 24.4 Å². The molecule has 2 aromatic rings. The van der Waals surface area contributed by atoms with Crippen molar-refractivity contribution < 1.29 is 4.74 Å². The predicted molar refractivity (Wildman–Crippen MR) is 80.6 cm³/mol. The summed E-state index contributed by atoms with van der Waals surface area (Å²) in [5.41, 5.74) is 4.83. The molecule has 0 aliphatic heterocycles. The maximum Gasteiger partial charge on any atom is 0.162 e. The van der Waals surface area contributed by atoms with Gasteiger partial charge < -0.3 is 4.74 Å². The molecule has 0 saturated carbocycles. The van der Waals surface area contributed by atoms with Crippen molar-refractivity contribution in [3.05, 3.63) is 59.7 Å². The van der Waals surface area contributed by atoms with Crippen LogP contribution in [-0.2, 0) is 4.74 Å². The van der Waals surface area contributed by atoms with E-state index in [1.807, 2.05) is 12.1 Å². The van der Waals surface area contributed by atoms with E-state index in [4.69, 9.17) is 11.2 Å². The molecule has 1 nitrogen and oxygen atoms in total. The van der Waals surface area contributed by atoms with Crippen LogP contribution in [0.1, 0.15) is 30.1 Å². The summed E-state index contributed by atoms with van der Waals surface area (Å²) in [6, 6.07) is 16.6. The summed E-state index contributed by atoms with van der Waals surface area (Å²) in [4.78, 5) is 0. The van der Waals surface area contributed by atoms with Gasteiger partial charge >= 0.3 is 0 Å². The Morgan fingerprint density at radius 2 is 1.50 bits per heavy atom. The third kappa shape index (κ3) is 2.15. The Kier molecular flexibility index (Phi) is 3.44. The molecule has 0 amide bonds. The van der Waals surface area contributed by atoms with Crippen LogP contribution < -0.4 is 0 Å². The van der Waals surface area contributed by atoms with Crippen molar-refractivity contribution in [2.75, 3.05) is 0 Å². The Hall–Kier alpha value is -2.64. The number of benzene rings is 2. The molecule has 96 valence electrons. The van der Waals surface area contributed by atoms with E-state index in [2.05, 4.69) is 54.3 Å². The lowest BCUT2D eigenvalue weighted by Crippen LogP contribution is -1.98. The van der Waals surface area contributed by atoms with Gasteiger partial charge in [-0.15, -0.1) is 12.3 Å². The lowest BCUT2D eigenvalue weighted by Gasteiger charge is -2.10. The van der Waals surface area contributed by atoms with Crippen molar-refractivity contribution in [2.24, 2.45) is 0 Å². The van der Waals surface area contributed by atoms with Gasteiger partial charge in [-0.05, 0) is 11.1 Å². The van der Waals surface area contributed by atoms with Gasteiger partial charge in [0.25, 0.3) is 0 Å². The Morgan fingerprint density at radius 3 is 2.10 bits per heavy atom. The van der Waals surface area contributed by atoms with E-state index in [0.29, 0.717) is 12.8 Å². The Bertz CT molecular complexity index is 680. The van der Waals surface area contributed by atoms with Crippen LogP contribution in [-0.4, -0.2) is 0 Å². The fourth-order valence-electron chi connectivity index (χ4n) is 2.52. The van der Waals surface area contributed by atoms with Crippen LogP contribution in [0.3, 0.4) is 0 Å². The number of unbranched alkanes of at least 4 members (excludes halogenated alkanes) is 1. The second-order valence-corrected chi connectivity index (χ2v) is 4.66. The van der Waals surface area contributed by atoms with Crippen molar-refractivity contribution >= 4 is 0 Å². The maximum absolute atomic E-state index is 5.77. The van der Waals surface area contributed by atoms with Crippen molar-refractivity contribution in [1.29, 1.82) is 0 Å². The molecular formula is C19H14O. The second kappa shape index (κ2) is 5.55. The number of fused-ring (bicyclic) bond motifs is 3. The van der Waals surface area contributed by atoms with Crippen LogP contribution in [0.4, 0.5) is 0 Å². The zero-order valence-corrected chi connectivity index (χ0v) is 11.1. The SMILES string of the molecule is C#CCCC#COC1c2ccccc2-c2ccccc21. The van der Waals surface area contributed by atoms with Crippen molar-refractivity contribution in [3.8, 4) is 35.5 Å². The zero-order chi connectivity index (χ0) is 13.8. The highest BCUT2D eigenvalue weighted by atomic mass is 16.5. The first-order chi connectivity index (χ1) is 9.92.